The lowest BCUT2D eigenvalue weighted by Gasteiger charge is -2.21. The molecule has 1 amide bonds. The number of aryl methyl sites for hydroxylation is 1. The van der Waals surface area contributed by atoms with E-state index >= 15 is 0 Å². The first kappa shape index (κ1) is 16.4. The Kier molecular flexibility index (Phi) is 3.98. The second-order valence-corrected chi connectivity index (χ2v) is 6.08. The fourth-order valence-electron chi connectivity index (χ4n) is 3.15. The monoisotopic (exact) mass is 359 g/mol. The second kappa shape index (κ2) is 6.32. The molecule has 0 N–H and O–H groups in total. The third kappa shape index (κ3) is 2.75. The van der Waals surface area contributed by atoms with Crippen LogP contribution in [0.2, 0.25) is 0 Å². The maximum Gasteiger partial charge on any atom is 0.272 e. The average Bonchev–Trinajstić information content (AvgIpc) is 3.34. The predicted molar refractivity (Wildman–Crippen MR) is 85.9 cm³/mol. The largest absolute Gasteiger partial charge is 0.337 e. The maximum atomic E-state index is 13.9. The average molecular weight is 359 g/mol. The van der Waals surface area contributed by atoms with Gasteiger partial charge in [0.25, 0.3) is 5.91 Å². The van der Waals surface area contributed by atoms with Crippen LogP contribution in [0, 0.1) is 11.6 Å². The van der Waals surface area contributed by atoms with Crippen LogP contribution in [0.5, 0.6) is 0 Å². The summed E-state index contributed by atoms with van der Waals surface area (Å²) in [4.78, 5) is 18.6. The van der Waals surface area contributed by atoms with Crippen LogP contribution in [-0.4, -0.2) is 37.3 Å². The number of hydrogen-bond donors (Lipinski definition) is 0. The zero-order valence-corrected chi connectivity index (χ0v) is 13.9. The van der Waals surface area contributed by atoms with Crippen molar-refractivity contribution in [1.82, 2.24) is 24.8 Å². The highest BCUT2D eigenvalue weighted by atomic mass is 19.1. The fraction of sp³-hybridized carbons (Fsp3) is 0.294. The van der Waals surface area contributed by atoms with E-state index in [9.17, 15) is 13.6 Å². The van der Waals surface area contributed by atoms with Crippen molar-refractivity contribution in [2.75, 3.05) is 6.54 Å². The number of rotatable bonds is 3. The molecule has 3 aromatic rings. The fourth-order valence-corrected chi connectivity index (χ4v) is 3.15. The van der Waals surface area contributed by atoms with E-state index in [0.29, 0.717) is 18.7 Å². The van der Waals surface area contributed by atoms with Crippen LogP contribution in [0.25, 0.3) is 11.4 Å². The Morgan fingerprint density at radius 1 is 1.31 bits per heavy atom. The summed E-state index contributed by atoms with van der Waals surface area (Å²) in [5, 5.41) is 7.80. The molecule has 0 saturated carbocycles. The third-order valence-corrected chi connectivity index (χ3v) is 4.45. The molecule has 1 unspecified atom stereocenters. The Labute approximate surface area is 147 Å². The van der Waals surface area contributed by atoms with Crippen LogP contribution in [0.15, 0.2) is 35.0 Å². The molecule has 4 rings (SSSR count). The first-order chi connectivity index (χ1) is 12.5. The summed E-state index contributed by atoms with van der Waals surface area (Å²) < 4.78 is 33.8. The summed E-state index contributed by atoms with van der Waals surface area (Å²) in [6, 6.07) is 4.40. The summed E-state index contributed by atoms with van der Waals surface area (Å²) in [5.41, 5.74) is 0.505. The van der Waals surface area contributed by atoms with E-state index in [1.807, 2.05) is 0 Å². The lowest BCUT2D eigenvalue weighted by atomic mass is 10.2. The van der Waals surface area contributed by atoms with Gasteiger partial charge in [-0.2, -0.15) is 10.1 Å². The van der Waals surface area contributed by atoms with Crippen LogP contribution in [0.3, 0.4) is 0 Å². The molecule has 3 heterocycles. The van der Waals surface area contributed by atoms with Gasteiger partial charge in [0, 0.05) is 25.9 Å². The number of halogens is 2. The first-order valence-electron chi connectivity index (χ1n) is 8.12. The molecule has 0 radical (unpaired) electrons. The van der Waals surface area contributed by atoms with E-state index in [0.717, 1.165) is 18.6 Å². The minimum atomic E-state index is -0.772. The second-order valence-electron chi connectivity index (χ2n) is 6.08. The van der Waals surface area contributed by atoms with Gasteiger partial charge in [-0.05, 0) is 31.0 Å². The minimum absolute atomic E-state index is 0.0253. The third-order valence-electron chi connectivity index (χ3n) is 4.45. The lowest BCUT2D eigenvalue weighted by molar-refractivity contribution is 0.0699. The van der Waals surface area contributed by atoms with Crippen molar-refractivity contribution in [3.05, 3.63) is 53.7 Å². The molecule has 2 aromatic heterocycles. The van der Waals surface area contributed by atoms with Crippen LogP contribution in [0.4, 0.5) is 8.78 Å². The molecule has 1 atom stereocenters. The van der Waals surface area contributed by atoms with Crippen molar-refractivity contribution in [3.8, 4) is 11.4 Å². The summed E-state index contributed by atoms with van der Waals surface area (Å²) >= 11 is 0. The van der Waals surface area contributed by atoms with E-state index in [4.69, 9.17) is 4.52 Å². The quantitative estimate of drug-likeness (QED) is 0.719. The van der Waals surface area contributed by atoms with Gasteiger partial charge in [0.2, 0.25) is 11.7 Å². The zero-order chi connectivity index (χ0) is 18.3. The SMILES string of the molecule is Cn1nccc1C(=O)N1CCCC1c1nc(-c2ccc(F)cc2F)no1. The highest BCUT2D eigenvalue weighted by Gasteiger charge is 2.35. The van der Waals surface area contributed by atoms with Gasteiger partial charge >= 0.3 is 0 Å². The Morgan fingerprint density at radius 3 is 2.88 bits per heavy atom. The summed E-state index contributed by atoms with van der Waals surface area (Å²) in [6.07, 6.45) is 3.01. The highest BCUT2D eigenvalue weighted by Crippen LogP contribution is 2.33. The van der Waals surface area contributed by atoms with E-state index in [-0.39, 0.29) is 29.2 Å². The van der Waals surface area contributed by atoms with Crippen molar-refractivity contribution in [2.45, 2.75) is 18.9 Å². The molecule has 0 aliphatic carbocycles. The van der Waals surface area contributed by atoms with Crippen molar-refractivity contribution in [3.63, 3.8) is 0 Å². The van der Waals surface area contributed by atoms with Gasteiger partial charge in [-0.15, -0.1) is 0 Å². The molecule has 1 aliphatic rings. The maximum absolute atomic E-state index is 13.9. The Hall–Kier alpha value is -3.10. The number of nitrogens with zero attached hydrogens (tertiary/aromatic N) is 5. The Bertz CT molecular complexity index is 968. The topological polar surface area (TPSA) is 77.1 Å². The number of aromatic nitrogens is 4. The van der Waals surface area contributed by atoms with Crippen molar-refractivity contribution < 1.29 is 18.1 Å². The minimum Gasteiger partial charge on any atom is -0.337 e. The molecule has 1 aliphatic heterocycles. The van der Waals surface area contributed by atoms with Crippen molar-refractivity contribution in [2.24, 2.45) is 7.05 Å². The van der Waals surface area contributed by atoms with E-state index < -0.39 is 11.6 Å². The number of amides is 1. The summed E-state index contributed by atoms with van der Waals surface area (Å²) in [7, 11) is 1.69. The van der Waals surface area contributed by atoms with Crippen molar-refractivity contribution in [1.29, 1.82) is 0 Å². The normalized spacial score (nSPS) is 17.0. The van der Waals surface area contributed by atoms with Gasteiger partial charge < -0.3 is 9.42 Å². The van der Waals surface area contributed by atoms with Gasteiger partial charge in [0.05, 0.1) is 5.56 Å². The Balaban J connectivity index is 1.62. The van der Waals surface area contributed by atoms with Gasteiger partial charge in [0.1, 0.15) is 23.4 Å². The van der Waals surface area contributed by atoms with E-state index in [1.54, 1.807) is 24.2 Å². The van der Waals surface area contributed by atoms with Crippen LogP contribution < -0.4 is 0 Å². The van der Waals surface area contributed by atoms with E-state index in [2.05, 4.69) is 15.2 Å². The number of carbonyl (C=O) groups excluding carboxylic acids is 1. The highest BCUT2D eigenvalue weighted by molar-refractivity contribution is 5.92. The molecule has 0 spiro atoms. The summed E-state index contributed by atoms with van der Waals surface area (Å²) in [6.45, 7) is 0.553. The molecular formula is C17H15F2N5O2. The number of benzene rings is 1. The van der Waals surface area contributed by atoms with Crippen LogP contribution in [0.1, 0.15) is 35.3 Å². The number of hydrogen-bond acceptors (Lipinski definition) is 5. The number of likely N-dealkylation sites (tertiary alicyclic amines) is 1. The molecule has 26 heavy (non-hydrogen) atoms. The lowest BCUT2D eigenvalue weighted by Crippen LogP contribution is -2.32. The molecular weight excluding hydrogens is 344 g/mol. The standard InChI is InChI=1S/C17H15F2N5O2/c1-23-14(6-7-20-23)17(25)24-8-2-3-13(24)16-21-15(22-26-16)11-5-4-10(18)9-12(11)19/h4-7,9,13H,2-3,8H2,1H3. The molecule has 1 saturated heterocycles. The molecule has 9 heteroatoms. The number of carbonyl (C=O) groups is 1. The Morgan fingerprint density at radius 2 is 2.15 bits per heavy atom. The van der Waals surface area contributed by atoms with E-state index in [1.165, 1.54) is 10.7 Å². The molecule has 1 aromatic carbocycles. The molecule has 0 bridgehead atoms. The molecule has 7 nitrogen and oxygen atoms in total. The summed E-state index contributed by atoms with van der Waals surface area (Å²) in [5.74, 6) is -1.38. The van der Waals surface area contributed by atoms with Gasteiger partial charge in [-0.25, -0.2) is 8.78 Å². The zero-order valence-electron chi connectivity index (χ0n) is 13.9. The van der Waals surface area contributed by atoms with Crippen molar-refractivity contribution >= 4 is 5.91 Å². The van der Waals surface area contributed by atoms with Gasteiger partial charge in [-0.1, -0.05) is 5.16 Å². The van der Waals surface area contributed by atoms with Crippen LogP contribution in [-0.2, 0) is 7.05 Å². The van der Waals surface area contributed by atoms with Gasteiger partial charge in [0.15, 0.2) is 0 Å². The molecule has 1 fully saturated rings. The molecule has 134 valence electrons. The smallest absolute Gasteiger partial charge is 0.272 e. The predicted octanol–water partition coefficient (Wildman–Crippen LogP) is 2.73. The first-order valence-corrected chi connectivity index (χ1v) is 8.12. The van der Waals surface area contributed by atoms with Gasteiger partial charge in [-0.3, -0.25) is 9.48 Å². The van der Waals surface area contributed by atoms with Crippen LogP contribution >= 0.6 is 0 Å².